The van der Waals surface area contributed by atoms with Gasteiger partial charge in [0, 0.05) is 35.5 Å². The summed E-state index contributed by atoms with van der Waals surface area (Å²) in [5.41, 5.74) is 2.21. The molecule has 6 nitrogen and oxygen atoms in total. The Morgan fingerprint density at radius 2 is 1.77 bits per heavy atom. The summed E-state index contributed by atoms with van der Waals surface area (Å²) in [6.07, 6.45) is -1.20. The third-order valence-corrected chi connectivity index (χ3v) is 6.92. The van der Waals surface area contributed by atoms with E-state index in [0.717, 1.165) is 34.0 Å². The van der Waals surface area contributed by atoms with Crippen molar-refractivity contribution in [3.05, 3.63) is 100 Å². The fourth-order valence-corrected chi connectivity index (χ4v) is 5.13. The number of carbonyl (C=O) groups is 1. The second-order valence-electron chi connectivity index (χ2n) is 9.85. The quantitative estimate of drug-likeness (QED) is 0.287. The molecule has 5 rings (SSSR count). The lowest BCUT2D eigenvalue weighted by Crippen LogP contribution is -2.34. The average molecular weight is 556 g/mol. The van der Waals surface area contributed by atoms with Gasteiger partial charge in [0.25, 0.3) is 0 Å². The Bertz CT molecular complexity index is 1530. The standard InChI is InChI=1S/C29H26F5N5O/c1-17-6-2-3-7-21(17)23-10-11-35-28(37-23)24(14-18-12-19(30)15-20(31)13-18)36-26(40)16-39-25-9-5-4-8-22(25)27(38-39)29(32,33)34/h2-3,6-7,10-13,15,24H,4-5,8-9,14,16H2,1H3,(H,36,40). The summed E-state index contributed by atoms with van der Waals surface area (Å²) in [5.74, 6) is -2.00. The number of fused-ring (bicyclic) bond motifs is 1. The topological polar surface area (TPSA) is 72.7 Å². The van der Waals surface area contributed by atoms with Gasteiger partial charge in [-0.3, -0.25) is 9.48 Å². The van der Waals surface area contributed by atoms with Crippen LogP contribution in [0.3, 0.4) is 0 Å². The van der Waals surface area contributed by atoms with Crippen molar-refractivity contribution in [3.8, 4) is 11.3 Å². The minimum Gasteiger partial charge on any atom is -0.344 e. The normalized spacial score (nSPS) is 14.1. The zero-order valence-electron chi connectivity index (χ0n) is 21.6. The van der Waals surface area contributed by atoms with Gasteiger partial charge in [-0.15, -0.1) is 0 Å². The number of halogens is 5. The highest BCUT2D eigenvalue weighted by atomic mass is 19.4. The summed E-state index contributed by atoms with van der Waals surface area (Å²) in [7, 11) is 0. The SMILES string of the molecule is Cc1ccccc1-c1ccnc(C(Cc2cc(F)cc(F)c2)NC(=O)Cn2nc(C(F)(F)F)c3c2CCCC3)n1. The molecule has 1 aliphatic carbocycles. The molecule has 0 aliphatic heterocycles. The maximum absolute atomic E-state index is 14.0. The molecule has 0 radical (unpaired) electrons. The molecule has 1 aliphatic rings. The van der Waals surface area contributed by atoms with E-state index < -0.39 is 42.0 Å². The number of benzene rings is 2. The molecule has 1 atom stereocenters. The van der Waals surface area contributed by atoms with Crippen LogP contribution in [0.1, 0.15) is 52.8 Å². The summed E-state index contributed by atoms with van der Waals surface area (Å²) < 4.78 is 69.9. The van der Waals surface area contributed by atoms with Gasteiger partial charge in [0.05, 0.1) is 11.7 Å². The second kappa shape index (κ2) is 11.1. The smallest absolute Gasteiger partial charge is 0.344 e. The maximum atomic E-state index is 14.0. The van der Waals surface area contributed by atoms with Gasteiger partial charge >= 0.3 is 6.18 Å². The fraction of sp³-hybridized carbons (Fsp3) is 0.310. The van der Waals surface area contributed by atoms with Crippen LogP contribution < -0.4 is 5.32 Å². The van der Waals surface area contributed by atoms with Crippen LogP contribution in [0.4, 0.5) is 22.0 Å². The van der Waals surface area contributed by atoms with Gasteiger partial charge in [-0.2, -0.15) is 18.3 Å². The van der Waals surface area contributed by atoms with Crippen LogP contribution >= 0.6 is 0 Å². The molecule has 2 heterocycles. The van der Waals surface area contributed by atoms with Crippen LogP contribution in [-0.4, -0.2) is 25.7 Å². The van der Waals surface area contributed by atoms with E-state index in [1.807, 2.05) is 31.2 Å². The number of aromatic nitrogens is 4. The maximum Gasteiger partial charge on any atom is 0.435 e. The van der Waals surface area contributed by atoms with Crippen molar-refractivity contribution in [2.45, 2.75) is 57.8 Å². The molecule has 40 heavy (non-hydrogen) atoms. The molecular weight excluding hydrogens is 529 g/mol. The van der Waals surface area contributed by atoms with Crippen molar-refractivity contribution in [2.75, 3.05) is 0 Å². The zero-order chi connectivity index (χ0) is 28.4. The summed E-state index contributed by atoms with van der Waals surface area (Å²) in [6.45, 7) is 1.47. The van der Waals surface area contributed by atoms with Gasteiger partial charge < -0.3 is 5.32 Å². The highest BCUT2D eigenvalue weighted by Gasteiger charge is 2.39. The van der Waals surface area contributed by atoms with E-state index in [0.29, 0.717) is 30.7 Å². The molecule has 1 unspecified atom stereocenters. The highest BCUT2D eigenvalue weighted by molar-refractivity contribution is 5.76. The minimum atomic E-state index is -4.63. The van der Waals surface area contributed by atoms with Crippen LogP contribution in [-0.2, 0) is 36.8 Å². The van der Waals surface area contributed by atoms with Crippen molar-refractivity contribution >= 4 is 5.91 Å². The van der Waals surface area contributed by atoms with E-state index >= 15 is 0 Å². The summed E-state index contributed by atoms with van der Waals surface area (Å²) in [4.78, 5) is 22.2. The Morgan fingerprint density at radius 1 is 1.05 bits per heavy atom. The number of alkyl halides is 3. The first kappa shape index (κ1) is 27.4. The fourth-order valence-electron chi connectivity index (χ4n) is 5.13. The van der Waals surface area contributed by atoms with E-state index in [-0.39, 0.29) is 29.8 Å². The Labute approximate surface area is 227 Å². The van der Waals surface area contributed by atoms with Crippen LogP contribution in [0, 0.1) is 18.6 Å². The predicted molar refractivity (Wildman–Crippen MR) is 137 cm³/mol. The van der Waals surface area contributed by atoms with Crippen molar-refractivity contribution < 1.29 is 26.7 Å². The number of nitrogens with zero attached hydrogens (tertiary/aromatic N) is 4. The molecule has 2 aromatic heterocycles. The first-order valence-corrected chi connectivity index (χ1v) is 12.9. The third kappa shape index (κ3) is 6.03. The number of aryl methyl sites for hydroxylation is 1. The molecular formula is C29H26F5N5O. The number of hydrogen-bond donors (Lipinski definition) is 1. The molecule has 208 valence electrons. The highest BCUT2D eigenvalue weighted by Crippen LogP contribution is 2.36. The largest absolute Gasteiger partial charge is 0.435 e. The minimum absolute atomic E-state index is 0.0529. The van der Waals surface area contributed by atoms with Gasteiger partial charge in [-0.05, 0) is 61.9 Å². The van der Waals surface area contributed by atoms with Gasteiger partial charge in [-0.25, -0.2) is 18.7 Å². The second-order valence-corrected chi connectivity index (χ2v) is 9.85. The molecule has 0 saturated heterocycles. The third-order valence-electron chi connectivity index (χ3n) is 6.92. The van der Waals surface area contributed by atoms with Gasteiger partial charge in [-0.1, -0.05) is 24.3 Å². The molecule has 1 amide bonds. The van der Waals surface area contributed by atoms with Crippen LogP contribution in [0.25, 0.3) is 11.3 Å². The first-order valence-electron chi connectivity index (χ1n) is 12.9. The Balaban J connectivity index is 1.46. The van der Waals surface area contributed by atoms with E-state index in [9.17, 15) is 26.7 Å². The lowest BCUT2D eigenvalue weighted by molar-refractivity contribution is -0.142. The number of rotatable bonds is 7. The number of amides is 1. The summed E-state index contributed by atoms with van der Waals surface area (Å²) in [5, 5.41) is 6.52. The van der Waals surface area contributed by atoms with Crippen molar-refractivity contribution in [1.82, 2.24) is 25.1 Å². The first-order chi connectivity index (χ1) is 19.1. The molecule has 1 N–H and O–H groups in total. The van der Waals surface area contributed by atoms with Crippen molar-refractivity contribution in [3.63, 3.8) is 0 Å². The van der Waals surface area contributed by atoms with Crippen molar-refractivity contribution in [2.24, 2.45) is 0 Å². The molecule has 0 saturated carbocycles. The number of hydrogen-bond acceptors (Lipinski definition) is 4. The lowest BCUT2D eigenvalue weighted by atomic mass is 9.95. The average Bonchev–Trinajstić information content (AvgIpc) is 3.27. The molecule has 0 bridgehead atoms. The van der Waals surface area contributed by atoms with E-state index in [1.54, 1.807) is 6.07 Å². The lowest BCUT2D eigenvalue weighted by Gasteiger charge is -2.20. The van der Waals surface area contributed by atoms with Crippen molar-refractivity contribution in [1.29, 1.82) is 0 Å². The van der Waals surface area contributed by atoms with E-state index in [4.69, 9.17) is 0 Å². The van der Waals surface area contributed by atoms with E-state index in [2.05, 4.69) is 20.4 Å². The van der Waals surface area contributed by atoms with Crippen LogP contribution in [0.15, 0.2) is 54.7 Å². The Kier molecular flexibility index (Phi) is 7.64. The molecule has 0 spiro atoms. The number of carbonyl (C=O) groups excluding carboxylic acids is 1. The van der Waals surface area contributed by atoms with E-state index in [1.165, 1.54) is 6.20 Å². The molecule has 2 aromatic carbocycles. The Morgan fingerprint density at radius 3 is 2.50 bits per heavy atom. The van der Waals surface area contributed by atoms with Crippen LogP contribution in [0.5, 0.6) is 0 Å². The number of nitrogens with one attached hydrogen (secondary N) is 1. The van der Waals surface area contributed by atoms with Gasteiger partial charge in [0.15, 0.2) is 11.5 Å². The summed E-state index contributed by atoms with van der Waals surface area (Å²) >= 11 is 0. The molecule has 4 aromatic rings. The van der Waals surface area contributed by atoms with Crippen LogP contribution in [0.2, 0.25) is 0 Å². The Hall–Kier alpha value is -4.15. The molecule has 0 fully saturated rings. The monoisotopic (exact) mass is 555 g/mol. The zero-order valence-corrected chi connectivity index (χ0v) is 21.6. The molecule has 11 heteroatoms. The summed E-state index contributed by atoms with van der Waals surface area (Å²) in [6, 6.07) is 11.4. The predicted octanol–water partition coefficient (Wildman–Crippen LogP) is 5.92. The van der Waals surface area contributed by atoms with Gasteiger partial charge in [0.2, 0.25) is 5.91 Å². The van der Waals surface area contributed by atoms with Gasteiger partial charge in [0.1, 0.15) is 18.2 Å².